The van der Waals surface area contributed by atoms with E-state index in [4.69, 9.17) is 19.5 Å². The van der Waals surface area contributed by atoms with Crippen LogP contribution < -0.4 is 0 Å². The predicted octanol–water partition coefficient (Wildman–Crippen LogP) is 2.73. The van der Waals surface area contributed by atoms with E-state index < -0.39 is 0 Å². The Bertz CT molecular complexity index is 286. The standard InChI is InChI=1S/C15H25NO3/c1-2-17-8-7-13-10-18-15(19-11-13)14-5-3-12(9-16)4-6-14/h12-15H,2-8,10-11H2,1H3. The number of nitrogens with zero attached hydrogens (tertiary/aromatic N) is 1. The molecule has 108 valence electrons. The molecule has 0 amide bonds. The topological polar surface area (TPSA) is 51.5 Å². The van der Waals surface area contributed by atoms with Gasteiger partial charge in [-0.15, -0.1) is 0 Å². The van der Waals surface area contributed by atoms with Crippen molar-refractivity contribution in [3.05, 3.63) is 0 Å². The smallest absolute Gasteiger partial charge is 0.160 e. The van der Waals surface area contributed by atoms with Crippen LogP contribution in [0.25, 0.3) is 0 Å². The van der Waals surface area contributed by atoms with Gasteiger partial charge in [-0.3, -0.25) is 0 Å². The SMILES string of the molecule is CCOCCC1COC(C2CCC(C#N)CC2)OC1. The molecule has 0 aromatic rings. The molecule has 0 N–H and O–H groups in total. The quantitative estimate of drug-likeness (QED) is 0.719. The highest BCUT2D eigenvalue weighted by atomic mass is 16.7. The highest BCUT2D eigenvalue weighted by Crippen LogP contribution is 2.33. The van der Waals surface area contributed by atoms with E-state index in [1.54, 1.807) is 0 Å². The summed E-state index contributed by atoms with van der Waals surface area (Å²) in [6.45, 7) is 5.17. The second-order valence-electron chi connectivity index (χ2n) is 5.63. The van der Waals surface area contributed by atoms with Crippen LogP contribution in [0.15, 0.2) is 0 Å². The molecule has 1 heterocycles. The van der Waals surface area contributed by atoms with Gasteiger partial charge in [0.1, 0.15) is 0 Å². The minimum absolute atomic E-state index is 0.0389. The van der Waals surface area contributed by atoms with Crippen LogP contribution >= 0.6 is 0 Å². The predicted molar refractivity (Wildman–Crippen MR) is 71.4 cm³/mol. The summed E-state index contributed by atoms with van der Waals surface area (Å²) in [5.41, 5.74) is 0. The average molecular weight is 267 g/mol. The lowest BCUT2D eigenvalue weighted by Gasteiger charge is -2.36. The first-order valence-corrected chi connectivity index (χ1v) is 7.54. The first-order valence-electron chi connectivity index (χ1n) is 7.54. The number of hydrogen-bond acceptors (Lipinski definition) is 4. The highest BCUT2D eigenvalue weighted by molar-refractivity contribution is 4.88. The molecule has 1 saturated carbocycles. The lowest BCUT2D eigenvalue weighted by molar-refractivity contribution is -0.230. The molecule has 2 aliphatic rings. The molecule has 0 bridgehead atoms. The fourth-order valence-electron chi connectivity index (χ4n) is 2.91. The van der Waals surface area contributed by atoms with E-state index in [0.717, 1.165) is 58.5 Å². The van der Waals surface area contributed by atoms with Gasteiger partial charge >= 0.3 is 0 Å². The van der Waals surface area contributed by atoms with Crippen molar-refractivity contribution in [3.63, 3.8) is 0 Å². The van der Waals surface area contributed by atoms with Crippen LogP contribution in [0.1, 0.15) is 39.0 Å². The van der Waals surface area contributed by atoms with Crippen LogP contribution in [0.3, 0.4) is 0 Å². The molecule has 0 aromatic carbocycles. The lowest BCUT2D eigenvalue weighted by atomic mass is 9.82. The Morgan fingerprint density at radius 1 is 1.16 bits per heavy atom. The van der Waals surface area contributed by atoms with Crippen molar-refractivity contribution in [2.24, 2.45) is 17.8 Å². The Morgan fingerprint density at radius 2 is 1.84 bits per heavy atom. The summed E-state index contributed by atoms with van der Waals surface area (Å²) in [5.74, 6) is 1.20. The highest BCUT2D eigenvalue weighted by Gasteiger charge is 2.32. The third-order valence-corrected chi connectivity index (χ3v) is 4.21. The molecule has 0 atom stereocenters. The molecule has 4 nitrogen and oxygen atoms in total. The van der Waals surface area contributed by atoms with Crippen LogP contribution in [-0.2, 0) is 14.2 Å². The van der Waals surface area contributed by atoms with Gasteiger partial charge in [-0.05, 0) is 39.0 Å². The van der Waals surface area contributed by atoms with Gasteiger partial charge in [-0.25, -0.2) is 0 Å². The van der Waals surface area contributed by atoms with Crippen LogP contribution in [0.2, 0.25) is 0 Å². The van der Waals surface area contributed by atoms with Crippen molar-refractivity contribution in [2.75, 3.05) is 26.4 Å². The van der Waals surface area contributed by atoms with Crippen molar-refractivity contribution in [1.82, 2.24) is 0 Å². The Morgan fingerprint density at radius 3 is 2.42 bits per heavy atom. The van der Waals surface area contributed by atoms with Gasteiger partial charge in [0.25, 0.3) is 0 Å². The van der Waals surface area contributed by atoms with E-state index in [1.807, 2.05) is 6.92 Å². The maximum absolute atomic E-state index is 8.90. The van der Waals surface area contributed by atoms with Gasteiger partial charge in [0, 0.05) is 31.0 Å². The second kappa shape index (κ2) is 7.84. The minimum Gasteiger partial charge on any atom is -0.382 e. The van der Waals surface area contributed by atoms with Crippen molar-refractivity contribution in [2.45, 2.75) is 45.3 Å². The molecule has 4 heteroatoms. The number of rotatable bonds is 5. The Hall–Kier alpha value is -0.630. The maximum atomic E-state index is 8.90. The normalized spacial score (nSPS) is 35.8. The van der Waals surface area contributed by atoms with Crippen LogP contribution in [0.4, 0.5) is 0 Å². The lowest BCUT2D eigenvalue weighted by Crippen LogP contribution is -2.38. The van der Waals surface area contributed by atoms with Gasteiger partial charge < -0.3 is 14.2 Å². The zero-order valence-corrected chi connectivity index (χ0v) is 11.8. The summed E-state index contributed by atoms with van der Waals surface area (Å²) in [5, 5.41) is 8.90. The van der Waals surface area contributed by atoms with Gasteiger partial charge in [0.05, 0.1) is 19.3 Å². The first-order chi connectivity index (χ1) is 9.33. The van der Waals surface area contributed by atoms with Crippen molar-refractivity contribution >= 4 is 0 Å². The fraction of sp³-hybridized carbons (Fsp3) is 0.933. The molecular weight excluding hydrogens is 242 g/mol. The second-order valence-corrected chi connectivity index (χ2v) is 5.63. The monoisotopic (exact) mass is 267 g/mol. The van der Waals surface area contributed by atoms with Crippen molar-refractivity contribution in [1.29, 1.82) is 5.26 Å². The third kappa shape index (κ3) is 4.45. The molecule has 2 rings (SSSR count). The molecule has 1 aliphatic carbocycles. The Kier molecular flexibility index (Phi) is 6.09. The molecule has 19 heavy (non-hydrogen) atoms. The zero-order chi connectivity index (χ0) is 13.5. The van der Waals surface area contributed by atoms with Gasteiger partial charge in [0.15, 0.2) is 6.29 Å². The van der Waals surface area contributed by atoms with Crippen LogP contribution in [0.5, 0.6) is 0 Å². The van der Waals surface area contributed by atoms with Gasteiger partial charge in [0.2, 0.25) is 0 Å². The van der Waals surface area contributed by atoms with E-state index >= 15 is 0 Å². The summed E-state index contributed by atoms with van der Waals surface area (Å²) in [4.78, 5) is 0. The van der Waals surface area contributed by atoms with E-state index in [-0.39, 0.29) is 12.2 Å². The van der Waals surface area contributed by atoms with E-state index in [9.17, 15) is 0 Å². The minimum atomic E-state index is -0.0389. The molecular formula is C15H25NO3. The fourth-order valence-corrected chi connectivity index (χ4v) is 2.91. The number of hydrogen-bond donors (Lipinski definition) is 0. The third-order valence-electron chi connectivity index (χ3n) is 4.21. The maximum Gasteiger partial charge on any atom is 0.160 e. The largest absolute Gasteiger partial charge is 0.382 e. The van der Waals surface area contributed by atoms with E-state index in [2.05, 4.69) is 6.07 Å². The molecule has 1 saturated heterocycles. The summed E-state index contributed by atoms with van der Waals surface area (Å²) >= 11 is 0. The molecule has 1 aliphatic heterocycles. The molecule has 2 fully saturated rings. The Labute approximate surface area is 116 Å². The van der Waals surface area contributed by atoms with Crippen LogP contribution in [0, 0.1) is 29.1 Å². The number of nitriles is 1. The van der Waals surface area contributed by atoms with Crippen molar-refractivity contribution < 1.29 is 14.2 Å². The molecule has 0 radical (unpaired) electrons. The summed E-state index contributed by atoms with van der Waals surface area (Å²) in [6, 6.07) is 2.37. The van der Waals surface area contributed by atoms with E-state index in [1.165, 1.54) is 0 Å². The zero-order valence-electron chi connectivity index (χ0n) is 11.8. The number of ether oxygens (including phenoxy) is 3. The van der Waals surface area contributed by atoms with E-state index in [0.29, 0.717) is 11.8 Å². The van der Waals surface area contributed by atoms with Gasteiger partial charge in [-0.2, -0.15) is 5.26 Å². The Balaban J connectivity index is 1.65. The molecule has 0 unspecified atom stereocenters. The van der Waals surface area contributed by atoms with Crippen molar-refractivity contribution in [3.8, 4) is 6.07 Å². The summed E-state index contributed by atoms with van der Waals surface area (Å²) in [6.07, 6.45) is 5.10. The summed E-state index contributed by atoms with van der Waals surface area (Å²) < 4.78 is 17.1. The van der Waals surface area contributed by atoms with Gasteiger partial charge in [-0.1, -0.05) is 0 Å². The average Bonchev–Trinajstić information content (AvgIpc) is 2.48. The molecule has 0 aromatic heterocycles. The molecule has 0 spiro atoms. The van der Waals surface area contributed by atoms with Crippen LogP contribution in [-0.4, -0.2) is 32.7 Å². The summed E-state index contributed by atoms with van der Waals surface area (Å²) in [7, 11) is 0. The first kappa shape index (κ1) is 14.8.